The molecule has 0 unspecified atom stereocenters. The lowest BCUT2D eigenvalue weighted by atomic mass is 9.73. The number of amides is 2. The number of methoxy groups -OCH3 is 2. The molecule has 2 spiro atoms. The quantitative estimate of drug-likeness (QED) is 0.543. The Morgan fingerprint density at radius 3 is 1.89 bits per heavy atom. The molecule has 4 aliphatic rings. The molecular formula is C30H24N2O6. The second kappa shape index (κ2) is 7.61. The molecule has 0 radical (unpaired) electrons. The summed E-state index contributed by atoms with van der Waals surface area (Å²) in [5.41, 5.74) is -0.0541. The Hall–Kier alpha value is -4.30. The van der Waals surface area contributed by atoms with Crippen LogP contribution in [0, 0.1) is 11.8 Å². The van der Waals surface area contributed by atoms with Crippen molar-refractivity contribution in [1.29, 1.82) is 0 Å². The molecule has 1 N–H and O–H groups in total. The van der Waals surface area contributed by atoms with E-state index < -0.39 is 34.7 Å². The molecule has 3 aromatic carbocycles. The fraction of sp³-hybridized carbons (Fsp3) is 0.267. The van der Waals surface area contributed by atoms with Crippen LogP contribution in [0.4, 0.5) is 5.69 Å². The molecule has 8 heteroatoms. The number of nitrogens with zero attached hydrogens (tertiary/aromatic N) is 1. The number of anilines is 1. The highest BCUT2D eigenvalue weighted by Gasteiger charge is 2.77. The van der Waals surface area contributed by atoms with Gasteiger partial charge in [0.05, 0.1) is 42.8 Å². The minimum Gasteiger partial charge on any atom is -0.493 e. The lowest BCUT2D eigenvalue weighted by Gasteiger charge is -2.33. The van der Waals surface area contributed by atoms with Crippen molar-refractivity contribution in [1.82, 2.24) is 5.32 Å². The molecule has 2 amide bonds. The number of Topliss-reactive ketones (excluding diaryl/α,β-unsaturated/α-hetero) is 2. The summed E-state index contributed by atoms with van der Waals surface area (Å²) in [5.74, 6) is -2.73. The van der Waals surface area contributed by atoms with Crippen LogP contribution in [0.1, 0.15) is 31.8 Å². The molecule has 2 heterocycles. The summed E-state index contributed by atoms with van der Waals surface area (Å²) in [4.78, 5) is 57.8. The Labute approximate surface area is 218 Å². The molecule has 38 heavy (non-hydrogen) atoms. The number of carbonyl (C=O) groups excluding carboxylic acids is 4. The van der Waals surface area contributed by atoms with Gasteiger partial charge < -0.3 is 9.47 Å². The van der Waals surface area contributed by atoms with Crippen LogP contribution >= 0.6 is 0 Å². The summed E-state index contributed by atoms with van der Waals surface area (Å²) >= 11 is 0. The third-order valence-electron chi connectivity index (χ3n) is 8.69. The van der Waals surface area contributed by atoms with Gasteiger partial charge in [-0.3, -0.25) is 24.5 Å². The molecular weight excluding hydrogens is 484 g/mol. The van der Waals surface area contributed by atoms with Crippen LogP contribution in [-0.2, 0) is 22.4 Å². The highest BCUT2D eigenvalue weighted by Crippen LogP contribution is 2.57. The maximum atomic E-state index is 14.3. The molecule has 2 aliphatic carbocycles. The van der Waals surface area contributed by atoms with E-state index in [9.17, 15) is 19.2 Å². The van der Waals surface area contributed by atoms with Gasteiger partial charge in [-0.1, -0.05) is 42.5 Å². The Kier molecular flexibility index (Phi) is 4.58. The van der Waals surface area contributed by atoms with Crippen molar-refractivity contribution in [3.63, 3.8) is 0 Å². The summed E-state index contributed by atoms with van der Waals surface area (Å²) in [6.45, 7) is 0. The number of carbonyl (C=O) groups is 4. The molecule has 190 valence electrons. The number of rotatable bonds is 3. The lowest BCUT2D eigenvalue weighted by molar-refractivity contribution is -0.123. The van der Waals surface area contributed by atoms with Crippen LogP contribution in [0.15, 0.2) is 66.7 Å². The zero-order valence-electron chi connectivity index (χ0n) is 20.8. The number of ketones is 2. The highest BCUT2D eigenvalue weighted by atomic mass is 16.5. The van der Waals surface area contributed by atoms with Gasteiger partial charge in [0.25, 0.3) is 0 Å². The first kappa shape index (κ1) is 22.9. The zero-order chi connectivity index (χ0) is 26.4. The summed E-state index contributed by atoms with van der Waals surface area (Å²) < 4.78 is 10.9. The standard InChI is InChI=1S/C30H24N2O6/c1-37-21-12-17-15-30(26(34)20(17)13-22(21)38-2)24-23(27(35)32(28(24)36)18-9-4-3-5-10-18)29(31-30)14-16-8-6-7-11-19(16)25(29)33/h3-13,23-24,31H,14-15H2,1-2H3/t23-,24+,29-,30+/m1/s1. The number of para-hydroxylation sites is 1. The first-order valence-corrected chi connectivity index (χ1v) is 12.5. The van der Waals surface area contributed by atoms with E-state index in [1.165, 1.54) is 14.2 Å². The number of nitrogens with one attached hydrogen (secondary N) is 1. The largest absolute Gasteiger partial charge is 0.493 e. The predicted octanol–water partition coefficient (Wildman–Crippen LogP) is 2.77. The Bertz CT molecular complexity index is 1580. The van der Waals surface area contributed by atoms with Gasteiger partial charge in [0.15, 0.2) is 23.1 Å². The van der Waals surface area contributed by atoms with Crippen LogP contribution < -0.4 is 19.7 Å². The van der Waals surface area contributed by atoms with Gasteiger partial charge in [-0.25, -0.2) is 4.90 Å². The van der Waals surface area contributed by atoms with Crippen molar-refractivity contribution in [2.75, 3.05) is 19.1 Å². The van der Waals surface area contributed by atoms with Crippen LogP contribution in [0.2, 0.25) is 0 Å². The van der Waals surface area contributed by atoms with Crippen LogP contribution in [-0.4, -0.2) is 48.7 Å². The normalized spacial score (nSPS) is 28.8. The fourth-order valence-corrected chi connectivity index (χ4v) is 7.17. The minimum absolute atomic E-state index is 0.149. The van der Waals surface area contributed by atoms with E-state index in [1.54, 1.807) is 54.6 Å². The summed E-state index contributed by atoms with van der Waals surface area (Å²) in [7, 11) is 3.00. The number of benzene rings is 3. The summed E-state index contributed by atoms with van der Waals surface area (Å²) in [6, 6.07) is 19.3. The third-order valence-corrected chi connectivity index (χ3v) is 8.69. The molecule has 4 atom stereocenters. The van der Waals surface area contributed by atoms with Gasteiger partial charge >= 0.3 is 0 Å². The molecule has 0 aromatic heterocycles. The van der Waals surface area contributed by atoms with Crippen molar-refractivity contribution >= 4 is 29.1 Å². The van der Waals surface area contributed by atoms with Crippen molar-refractivity contribution in [2.24, 2.45) is 11.8 Å². The van der Waals surface area contributed by atoms with Crippen molar-refractivity contribution in [2.45, 2.75) is 23.9 Å². The molecule has 2 fully saturated rings. The average Bonchev–Trinajstić information content (AvgIpc) is 3.58. The average molecular weight is 509 g/mol. The molecule has 8 nitrogen and oxygen atoms in total. The van der Waals surface area contributed by atoms with Gasteiger partial charge in [-0.15, -0.1) is 0 Å². The second-order valence-electron chi connectivity index (χ2n) is 10.4. The van der Waals surface area contributed by atoms with Gasteiger partial charge in [0, 0.05) is 11.1 Å². The third kappa shape index (κ3) is 2.62. The molecule has 2 saturated heterocycles. The zero-order valence-corrected chi connectivity index (χ0v) is 20.8. The first-order valence-electron chi connectivity index (χ1n) is 12.5. The van der Waals surface area contributed by atoms with Gasteiger partial charge in [0.2, 0.25) is 11.8 Å². The smallest absolute Gasteiger partial charge is 0.240 e. The molecule has 0 saturated carbocycles. The van der Waals surface area contributed by atoms with Crippen LogP contribution in [0.25, 0.3) is 0 Å². The fourth-order valence-electron chi connectivity index (χ4n) is 7.17. The van der Waals surface area contributed by atoms with E-state index in [-0.39, 0.29) is 24.4 Å². The van der Waals surface area contributed by atoms with E-state index in [0.29, 0.717) is 33.9 Å². The first-order chi connectivity index (χ1) is 18.4. The van der Waals surface area contributed by atoms with E-state index in [0.717, 1.165) is 10.5 Å². The van der Waals surface area contributed by atoms with E-state index >= 15 is 0 Å². The molecule has 7 rings (SSSR count). The number of hydrogen-bond acceptors (Lipinski definition) is 7. The minimum atomic E-state index is -1.46. The van der Waals surface area contributed by atoms with Crippen LogP contribution in [0.5, 0.6) is 11.5 Å². The van der Waals surface area contributed by atoms with E-state index in [1.807, 2.05) is 12.1 Å². The maximum Gasteiger partial charge on any atom is 0.240 e. The monoisotopic (exact) mass is 508 g/mol. The molecule has 3 aromatic rings. The van der Waals surface area contributed by atoms with Crippen LogP contribution in [0.3, 0.4) is 0 Å². The van der Waals surface area contributed by atoms with Crippen molar-refractivity contribution < 1.29 is 28.7 Å². The summed E-state index contributed by atoms with van der Waals surface area (Å²) in [5, 5.41) is 3.40. The van der Waals surface area contributed by atoms with E-state index in [2.05, 4.69) is 5.32 Å². The second-order valence-corrected chi connectivity index (χ2v) is 10.4. The topological polar surface area (TPSA) is 102 Å². The van der Waals surface area contributed by atoms with Gasteiger partial charge in [-0.05, 0) is 48.2 Å². The molecule has 0 bridgehead atoms. The highest BCUT2D eigenvalue weighted by molar-refractivity contribution is 6.29. The Morgan fingerprint density at radius 1 is 0.711 bits per heavy atom. The Morgan fingerprint density at radius 2 is 1.26 bits per heavy atom. The van der Waals surface area contributed by atoms with E-state index in [4.69, 9.17) is 9.47 Å². The number of fused-ring (bicyclic) bond motifs is 5. The Balaban J connectivity index is 1.43. The lowest BCUT2D eigenvalue weighted by Crippen LogP contribution is -2.62. The van der Waals surface area contributed by atoms with Gasteiger partial charge in [-0.2, -0.15) is 0 Å². The van der Waals surface area contributed by atoms with Crippen molar-refractivity contribution in [3.8, 4) is 11.5 Å². The SMILES string of the molecule is COc1cc2c(cc1OC)C(=O)[C@@]1(C2)N[C@]2(Cc3ccccc3C2=O)[C@H]2C(=O)N(c3ccccc3)C(=O)[C@H]21. The maximum absolute atomic E-state index is 14.3. The predicted molar refractivity (Wildman–Crippen MR) is 137 cm³/mol. The number of hydrogen-bond donors (Lipinski definition) is 1. The summed E-state index contributed by atoms with van der Waals surface area (Å²) in [6.07, 6.45) is 0.374. The number of ether oxygens (including phenoxy) is 2. The van der Waals surface area contributed by atoms with Crippen molar-refractivity contribution in [3.05, 3.63) is 89.0 Å². The van der Waals surface area contributed by atoms with Gasteiger partial charge in [0.1, 0.15) is 0 Å². The molecule has 2 aliphatic heterocycles. The number of imide groups is 1.